The second-order valence-corrected chi connectivity index (χ2v) is 4.01. The summed E-state index contributed by atoms with van der Waals surface area (Å²) in [5.41, 5.74) is 4.19. The summed E-state index contributed by atoms with van der Waals surface area (Å²) in [6.45, 7) is 12.3. The van der Waals surface area contributed by atoms with Crippen molar-refractivity contribution in [3.8, 4) is 0 Å². The molecule has 0 radical (unpaired) electrons. The Morgan fingerprint density at radius 2 is 1.69 bits per heavy atom. The third-order valence-corrected chi connectivity index (χ3v) is 2.41. The summed E-state index contributed by atoms with van der Waals surface area (Å²) in [6, 6.07) is 8.72. The number of benzene rings is 1. The minimum atomic E-state index is 1.03. The molecule has 0 unspecified atom stereocenters. The highest BCUT2D eigenvalue weighted by Gasteiger charge is 2.00. The number of rotatable bonds is 5. The first kappa shape index (κ1) is 15.0. The van der Waals surface area contributed by atoms with Gasteiger partial charge in [-0.1, -0.05) is 63.6 Å². The molecule has 0 nitrogen and oxygen atoms in total. The average molecular weight is 218 g/mol. The highest BCUT2D eigenvalue weighted by atomic mass is 14.1. The van der Waals surface area contributed by atoms with Crippen molar-refractivity contribution in [2.24, 2.45) is 0 Å². The number of aryl methyl sites for hydroxylation is 1. The lowest BCUT2D eigenvalue weighted by Gasteiger charge is -2.08. The van der Waals surface area contributed by atoms with Gasteiger partial charge in [0.15, 0.2) is 0 Å². The lowest BCUT2D eigenvalue weighted by Crippen LogP contribution is -1.94. The second kappa shape index (κ2) is 9.21. The SMILES string of the molecule is C=C(C)Cc1ccccc1CCCC.CC. The zero-order chi connectivity index (χ0) is 12.4. The van der Waals surface area contributed by atoms with Gasteiger partial charge in [-0.05, 0) is 37.3 Å². The molecule has 0 spiro atoms. The first-order chi connectivity index (χ1) is 7.74. The fraction of sp³-hybridized carbons (Fsp3) is 0.500. The van der Waals surface area contributed by atoms with E-state index in [4.69, 9.17) is 0 Å². The molecule has 0 aromatic heterocycles. The van der Waals surface area contributed by atoms with E-state index in [9.17, 15) is 0 Å². The van der Waals surface area contributed by atoms with Gasteiger partial charge < -0.3 is 0 Å². The summed E-state index contributed by atoms with van der Waals surface area (Å²) in [5, 5.41) is 0. The molecule has 0 bridgehead atoms. The molecule has 16 heavy (non-hydrogen) atoms. The van der Waals surface area contributed by atoms with Gasteiger partial charge in [-0.2, -0.15) is 0 Å². The van der Waals surface area contributed by atoms with Crippen LogP contribution in [-0.4, -0.2) is 0 Å². The first-order valence-corrected chi connectivity index (χ1v) is 6.45. The molecule has 0 heteroatoms. The maximum absolute atomic E-state index is 3.97. The van der Waals surface area contributed by atoms with E-state index in [0.717, 1.165) is 6.42 Å². The summed E-state index contributed by atoms with van der Waals surface area (Å²) in [4.78, 5) is 0. The highest BCUT2D eigenvalue weighted by Crippen LogP contribution is 2.15. The van der Waals surface area contributed by atoms with Crippen molar-refractivity contribution in [1.82, 2.24) is 0 Å². The van der Waals surface area contributed by atoms with Crippen LogP contribution in [0.4, 0.5) is 0 Å². The number of allylic oxidation sites excluding steroid dienone is 1. The standard InChI is InChI=1S/C14H20.C2H6/c1-4-5-8-13-9-6-7-10-14(13)11-12(2)3;1-2/h6-7,9-10H,2,4-5,8,11H2,1,3H3;1-2H3. The molecule has 1 aromatic rings. The lowest BCUT2D eigenvalue weighted by molar-refractivity contribution is 0.788. The third-order valence-electron chi connectivity index (χ3n) is 2.41. The number of hydrogen-bond donors (Lipinski definition) is 0. The van der Waals surface area contributed by atoms with Crippen LogP contribution in [-0.2, 0) is 12.8 Å². The van der Waals surface area contributed by atoms with Gasteiger partial charge in [-0.3, -0.25) is 0 Å². The largest absolute Gasteiger partial charge is 0.0998 e. The zero-order valence-corrected chi connectivity index (χ0v) is 11.3. The Morgan fingerprint density at radius 1 is 1.12 bits per heavy atom. The molecule has 0 heterocycles. The Hall–Kier alpha value is -1.04. The monoisotopic (exact) mass is 218 g/mol. The molecular formula is C16H26. The van der Waals surface area contributed by atoms with Crippen molar-refractivity contribution >= 4 is 0 Å². The fourth-order valence-corrected chi connectivity index (χ4v) is 1.67. The van der Waals surface area contributed by atoms with Crippen molar-refractivity contribution in [1.29, 1.82) is 0 Å². The average Bonchev–Trinajstić information content (AvgIpc) is 2.30. The molecule has 1 aromatic carbocycles. The molecule has 0 atom stereocenters. The smallest absolute Gasteiger partial charge is 0.00698 e. The van der Waals surface area contributed by atoms with Crippen molar-refractivity contribution in [3.05, 3.63) is 47.5 Å². The van der Waals surface area contributed by atoms with E-state index in [0.29, 0.717) is 0 Å². The van der Waals surface area contributed by atoms with E-state index in [-0.39, 0.29) is 0 Å². The van der Waals surface area contributed by atoms with E-state index in [2.05, 4.69) is 44.7 Å². The number of hydrogen-bond acceptors (Lipinski definition) is 0. The minimum absolute atomic E-state index is 1.03. The van der Waals surface area contributed by atoms with Crippen molar-refractivity contribution < 1.29 is 0 Å². The Labute approximate surface area is 101 Å². The number of unbranched alkanes of at least 4 members (excludes halogenated alkanes) is 1. The Balaban J connectivity index is 0.00000106. The molecule has 0 N–H and O–H groups in total. The molecule has 90 valence electrons. The molecule has 0 aliphatic carbocycles. The summed E-state index contributed by atoms with van der Waals surface area (Å²) < 4.78 is 0. The van der Waals surface area contributed by atoms with E-state index < -0.39 is 0 Å². The quantitative estimate of drug-likeness (QED) is 0.598. The minimum Gasteiger partial charge on any atom is -0.0998 e. The van der Waals surface area contributed by atoms with Gasteiger partial charge in [0.1, 0.15) is 0 Å². The van der Waals surface area contributed by atoms with Crippen molar-refractivity contribution in [3.63, 3.8) is 0 Å². The maximum Gasteiger partial charge on any atom is -0.00698 e. The predicted molar refractivity (Wildman–Crippen MR) is 74.9 cm³/mol. The van der Waals surface area contributed by atoms with Crippen LogP contribution in [0.15, 0.2) is 36.4 Å². The molecule has 1 rings (SSSR count). The Morgan fingerprint density at radius 3 is 2.19 bits per heavy atom. The summed E-state index contributed by atoms with van der Waals surface area (Å²) in [6.07, 6.45) is 4.79. The Bertz CT molecular complexity index is 297. The first-order valence-electron chi connectivity index (χ1n) is 6.45. The van der Waals surface area contributed by atoms with Crippen LogP contribution in [0, 0.1) is 0 Å². The summed E-state index contributed by atoms with van der Waals surface area (Å²) in [5.74, 6) is 0. The second-order valence-electron chi connectivity index (χ2n) is 4.01. The molecule has 0 amide bonds. The van der Waals surface area contributed by atoms with Crippen LogP contribution in [0.25, 0.3) is 0 Å². The van der Waals surface area contributed by atoms with Gasteiger partial charge in [0, 0.05) is 0 Å². The van der Waals surface area contributed by atoms with E-state index in [1.807, 2.05) is 13.8 Å². The molecule has 0 aliphatic heterocycles. The Kier molecular flexibility index (Phi) is 8.61. The molecule has 0 fully saturated rings. The van der Waals surface area contributed by atoms with Gasteiger partial charge >= 0.3 is 0 Å². The lowest BCUT2D eigenvalue weighted by atomic mass is 9.98. The van der Waals surface area contributed by atoms with E-state index in [1.165, 1.54) is 36.0 Å². The topological polar surface area (TPSA) is 0 Å². The van der Waals surface area contributed by atoms with E-state index >= 15 is 0 Å². The van der Waals surface area contributed by atoms with Crippen LogP contribution < -0.4 is 0 Å². The van der Waals surface area contributed by atoms with Gasteiger partial charge in [-0.25, -0.2) is 0 Å². The van der Waals surface area contributed by atoms with Crippen molar-refractivity contribution in [2.75, 3.05) is 0 Å². The van der Waals surface area contributed by atoms with Crippen LogP contribution in [0.2, 0.25) is 0 Å². The molecule has 0 aliphatic rings. The summed E-state index contributed by atoms with van der Waals surface area (Å²) >= 11 is 0. The fourth-order valence-electron chi connectivity index (χ4n) is 1.67. The van der Waals surface area contributed by atoms with Gasteiger partial charge in [0.25, 0.3) is 0 Å². The van der Waals surface area contributed by atoms with Crippen molar-refractivity contribution in [2.45, 2.75) is 53.4 Å². The highest BCUT2D eigenvalue weighted by molar-refractivity contribution is 5.30. The third kappa shape index (κ3) is 5.75. The van der Waals surface area contributed by atoms with Crippen LogP contribution in [0.5, 0.6) is 0 Å². The van der Waals surface area contributed by atoms with Crippen LogP contribution in [0.3, 0.4) is 0 Å². The summed E-state index contributed by atoms with van der Waals surface area (Å²) in [7, 11) is 0. The molecular weight excluding hydrogens is 192 g/mol. The normalized spacial score (nSPS) is 9.25. The maximum atomic E-state index is 3.97. The van der Waals surface area contributed by atoms with Crippen LogP contribution in [0.1, 0.15) is 51.7 Å². The van der Waals surface area contributed by atoms with E-state index in [1.54, 1.807) is 0 Å². The molecule has 0 saturated carbocycles. The zero-order valence-electron chi connectivity index (χ0n) is 11.3. The molecule has 0 saturated heterocycles. The van der Waals surface area contributed by atoms with Gasteiger partial charge in [0.05, 0.1) is 0 Å². The van der Waals surface area contributed by atoms with Gasteiger partial charge in [-0.15, -0.1) is 0 Å². The predicted octanol–water partition coefficient (Wildman–Crippen LogP) is 5.17. The van der Waals surface area contributed by atoms with Gasteiger partial charge in [0.2, 0.25) is 0 Å². The van der Waals surface area contributed by atoms with Crippen LogP contribution >= 0.6 is 0 Å².